The third-order valence-corrected chi connectivity index (χ3v) is 3.98. The zero-order chi connectivity index (χ0) is 16.7. The Balaban J connectivity index is 2.11. The van der Waals surface area contributed by atoms with Gasteiger partial charge in [0.2, 0.25) is 0 Å². The van der Waals surface area contributed by atoms with Crippen LogP contribution in [0.5, 0.6) is 0 Å². The highest BCUT2D eigenvalue weighted by Gasteiger charge is 2.18. The summed E-state index contributed by atoms with van der Waals surface area (Å²) in [6, 6.07) is 17.9. The number of nitrogens with zero attached hydrogens (tertiary/aromatic N) is 3. The number of aryl methyl sites for hydroxylation is 2. The molecule has 5 nitrogen and oxygen atoms in total. The quantitative estimate of drug-likeness (QED) is 0.616. The van der Waals surface area contributed by atoms with Gasteiger partial charge in [-0.1, -0.05) is 48.0 Å². The lowest BCUT2D eigenvalue weighted by Gasteiger charge is -2.08. The van der Waals surface area contributed by atoms with Gasteiger partial charge in [0, 0.05) is 5.56 Å². The van der Waals surface area contributed by atoms with E-state index in [0.29, 0.717) is 16.9 Å². The van der Waals surface area contributed by atoms with E-state index in [1.807, 2.05) is 61.5 Å². The summed E-state index contributed by atoms with van der Waals surface area (Å²) in [7, 11) is 0. The number of hydrogen-bond acceptors (Lipinski definition) is 3. The first kappa shape index (κ1) is 14.4. The second-order valence-electron chi connectivity index (χ2n) is 5.81. The van der Waals surface area contributed by atoms with Gasteiger partial charge < -0.3 is 4.98 Å². The molecule has 4 rings (SSSR count). The van der Waals surface area contributed by atoms with Gasteiger partial charge in [0.1, 0.15) is 17.0 Å². The molecule has 2 aromatic heterocycles. The van der Waals surface area contributed by atoms with Gasteiger partial charge in [-0.25, -0.2) is 9.67 Å². The van der Waals surface area contributed by atoms with Gasteiger partial charge in [-0.2, -0.15) is 5.10 Å². The molecule has 0 fully saturated rings. The van der Waals surface area contributed by atoms with Gasteiger partial charge in [-0.15, -0.1) is 0 Å². The number of hydrogen-bond donors (Lipinski definition) is 1. The summed E-state index contributed by atoms with van der Waals surface area (Å²) >= 11 is 0. The van der Waals surface area contributed by atoms with Gasteiger partial charge in [0.25, 0.3) is 5.56 Å². The lowest BCUT2D eigenvalue weighted by Crippen LogP contribution is -2.09. The van der Waals surface area contributed by atoms with Crippen LogP contribution in [0.25, 0.3) is 28.0 Å². The fourth-order valence-electron chi connectivity index (χ4n) is 2.81. The van der Waals surface area contributed by atoms with Crippen LogP contribution in [0.15, 0.2) is 59.4 Å². The Kier molecular flexibility index (Phi) is 3.27. The second kappa shape index (κ2) is 5.45. The molecule has 2 aromatic carbocycles. The van der Waals surface area contributed by atoms with Crippen LogP contribution in [-0.4, -0.2) is 19.7 Å². The van der Waals surface area contributed by atoms with Crippen molar-refractivity contribution in [2.75, 3.05) is 0 Å². The maximum absolute atomic E-state index is 12.3. The minimum Gasteiger partial charge on any atom is -0.309 e. The smallest absolute Gasteiger partial charge is 0.279 e. The predicted octanol–water partition coefficient (Wildman–Crippen LogP) is 3.39. The van der Waals surface area contributed by atoms with E-state index in [0.717, 1.165) is 16.9 Å². The molecule has 0 aliphatic carbocycles. The summed E-state index contributed by atoms with van der Waals surface area (Å²) in [6.07, 6.45) is 0. The molecule has 0 radical (unpaired) electrons. The Morgan fingerprint density at radius 3 is 2.33 bits per heavy atom. The number of para-hydroxylation sites is 1. The van der Waals surface area contributed by atoms with Gasteiger partial charge in [-0.05, 0) is 26.0 Å². The van der Waals surface area contributed by atoms with E-state index in [9.17, 15) is 4.79 Å². The van der Waals surface area contributed by atoms with E-state index >= 15 is 0 Å². The molecule has 4 aromatic rings. The average molecular weight is 316 g/mol. The monoisotopic (exact) mass is 316 g/mol. The molecule has 5 heteroatoms. The Morgan fingerprint density at radius 1 is 0.917 bits per heavy atom. The number of aromatic amines is 1. The van der Waals surface area contributed by atoms with E-state index < -0.39 is 0 Å². The molecule has 118 valence electrons. The number of nitrogens with one attached hydrogen (secondary N) is 1. The molecule has 0 bridgehead atoms. The third kappa shape index (κ3) is 2.31. The maximum Gasteiger partial charge on any atom is 0.279 e. The van der Waals surface area contributed by atoms with Gasteiger partial charge in [0.15, 0.2) is 5.52 Å². The second-order valence-corrected chi connectivity index (χ2v) is 5.81. The van der Waals surface area contributed by atoms with Crippen LogP contribution >= 0.6 is 0 Å². The Hall–Kier alpha value is -3.21. The lowest BCUT2D eigenvalue weighted by molar-refractivity contribution is 0.900. The molecule has 2 heterocycles. The van der Waals surface area contributed by atoms with Gasteiger partial charge in [-0.3, -0.25) is 4.79 Å². The maximum atomic E-state index is 12.3. The van der Waals surface area contributed by atoms with Crippen molar-refractivity contribution in [1.29, 1.82) is 0 Å². The summed E-state index contributed by atoms with van der Waals surface area (Å²) in [5, 5.41) is 4.53. The zero-order valence-corrected chi connectivity index (χ0v) is 13.4. The summed E-state index contributed by atoms with van der Waals surface area (Å²) < 4.78 is 1.79. The summed E-state index contributed by atoms with van der Waals surface area (Å²) in [6.45, 7) is 3.82. The van der Waals surface area contributed by atoms with Crippen molar-refractivity contribution in [2.24, 2.45) is 0 Å². The third-order valence-electron chi connectivity index (χ3n) is 3.98. The zero-order valence-electron chi connectivity index (χ0n) is 13.4. The lowest BCUT2D eigenvalue weighted by atomic mass is 10.1. The van der Waals surface area contributed by atoms with Crippen molar-refractivity contribution in [3.05, 3.63) is 76.3 Å². The highest BCUT2D eigenvalue weighted by atomic mass is 16.1. The summed E-state index contributed by atoms with van der Waals surface area (Å²) in [5.41, 5.74) is 4.61. The minimum atomic E-state index is -0.222. The minimum absolute atomic E-state index is 0.222. The van der Waals surface area contributed by atoms with Crippen LogP contribution in [0, 0.1) is 13.8 Å². The molecule has 0 amide bonds. The van der Waals surface area contributed by atoms with Crippen LogP contribution in [0.3, 0.4) is 0 Å². The highest BCUT2D eigenvalue weighted by Crippen LogP contribution is 2.28. The van der Waals surface area contributed by atoms with Crippen molar-refractivity contribution < 1.29 is 0 Å². The van der Waals surface area contributed by atoms with Crippen molar-refractivity contribution in [1.82, 2.24) is 19.7 Å². The van der Waals surface area contributed by atoms with E-state index in [2.05, 4.69) is 15.1 Å². The first-order valence-electron chi connectivity index (χ1n) is 7.75. The van der Waals surface area contributed by atoms with Crippen LogP contribution in [0.4, 0.5) is 0 Å². The number of H-pyrrole nitrogens is 1. The normalized spacial score (nSPS) is 11.1. The molecular formula is C19H16N4O. The number of fused-ring (bicyclic) bond motifs is 1. The molecule has 0 saturated heterocycles. The first-order valence-corrected chi connectivity index (χ1v) is 7.75. The summed E-state index contributed by atoms with van der Waals surface area (Å²) in [5.74, 6) is 0.577. The first-order chi connectivity index (χ1) is 11.6. The van der Waals surface area contributed by atoms with E-state index in [1.165, 1.54) is 5.56 Å². The van der Waals surface area contributed by atoms with Gasteiger partial charge >= 0.3 is 0 Å². The molecule has 0 aliphatic heterocycles. The van der Waals surface area contributed by atoms with Crippen molar-refractivity contribution in [3.8, 4) is 16.9 Å². The largest absolute Gasteiger partial charge is 0.309 e. The Labute approximate surface area is 138 Å². The Morgan fingerprint density at radius 2 is 1.62 bits per heavy atom. The van der Waals surface area contributed by atoms with Crippen LogP contribution in [0.2, 0.25) is 0 Å². The predicted molar refractivity (Wildman–Crippen MR) is 94.4 cm³/mol. The van der Waals surface area contributed by atoms with Crippen LogP contribution in [-0.2, 0) is 0 Å². The number of aromatic nitrogens is 4. The van der Waals surface area contributed by atoms with E-state index in [1.54, 1.807) is 11.6 Å². The molecule has 1 N–H and O–H groups in total. The van der Waals surface area contributed by atoms with E-state index in [4.69, 9.17) is 0 Å². The molecule has 0 aliphatic rings. The molecule has 0 unspecified atom stereocenters. The molecule has 0 saturated carbocycles. The summed E-state index contributed by atoms with van der Waals surface area (Å²) in [4.78, 5) is 19.6. The standard InChI is InChI=1S/C19H16N4O/c1-12-8-10-14(11-9-12)18-16-17(19(24)21-13(2)20-16)22-23(18)15-6-4-3-5-7-15/h3-11H,1-2H3,(H,20,21,24). The average Bonchev–Trinajstić information content (AvgIpc) is 2.96. The fourth-order valence-corrected chi connectivity index (χ4v) is 2.81. The Bertz CT molecular complexity index is 1080. The van der Waals surface area contributed by atoms with E-state index in [-0.39, 0.29) is 5.56 Å². The molecule has 0 spiro atoms. The number of benzene rings is 2. The van der Waals surface area contributed by atoms with Crippen LogP contribution < -0.4 is 5.56 Å². The van der Waals surface area contributed by atoms with Crippen molar-refractivity contribution >= 4 is 11.0 Å². The fraction of sp³-hybridized carbons (Fsp3) is 0.105. The molecular weight excluding hydrogens is 300 g/mol. The highest BCUT2D eigenvalue weighted by molar-refractivity contribution is 5.90. The SMILES string of the molecule is Cc1ccc(-c2c3nc(C)[nH]c(=O)c3nn2-c2ccccc2)cc1. The molecule has 24 heavy (non-hydrogen) atoms. The van der Waals surface area contributed by atoms with Gasteiger partial charge in [0.05, 0.1) is 5.69 Å². The van der Waals surface area contributed by atoms with Crippen molar-refractivity contribution in [2.45, 2.75) is 13.8 Å². The van der Waals surface area contributed by atoms with Crippen molar-refractivity contribution in [3.63, 3.8) is 0 Å². The van der Waals surface area contributed by atoms with Crippen LogP contribution in [0.1, 0.15) is 11.4 Å². The topological polar surface area (TPSA) is 63.6 Å². The molecule has 0 atom stereocenters. The number of rotatable bonds is 2.